The predicted octanol–water partition coefficient (Wildman–Crippen LogP) is 2.82. The number of hydrogen-bond donors (Lipinski definition) is 0. The van der Waals surface area contributed by atoms with E-state index in [-0.39, 0.29) is 0 Å². The van der Waals surface area contributed by atoms with E-state index in [0.29, 0.717) is 4.75 Å². The molecular formula is C13H21NS. The first kappa shape index (κ1) is 9.35. The SMILES string of the molecule is CN1CSC2(C1)C1CC3CC(C1)CC2C3. The van der Waals surface area contributed by atoms with Crippen molar-refractivity contribution in [1.29, 1.82) is 0 Å². The number of hydrogen-bond acceptors (Lipinski definition) is 2. The number of thioether (sulfide) groups is 1. The van der Waals surface area contributed by atoms with Gasteiger partial charge in [-0.3, -0.25) is 4.90 Å². The summed E-state index contributed by atoms with van der Waals surface area (Å²) < 4.78 is 0.710. The van der Waals surface area contributed by atoms with Crippen LogP contribution in [0.15, 0.2) is 0 Å². The van der Waals surface area contributed by atoms with E-state index in [1.807, 2.05) is 0 Å². The van der Waals surface area contributed by atoms with Crippen molar-refractivity contribution in [3.05, 3.63) is 0 Å². The smallest absolute Gasteiger partial charge is 0.0448 e. The molecule has 1 heterocycles. The zero-order valence-electron chi connectivity index (χ0n) is 9.61. The predicted molar refractivity (Wildman–Crippen MR) is 64.9 cm³/mol. The Hall–Kier alpha value is 0.310. The average Bonchev–Trinajstić information content (AvgIpc) is 2.57. The summed E-state index contributed by atoms with van der Waals surface area (Å²) in [5.41, 5.74) is 0. The molecule has 0 atom stereocenters. The summed E-state index contributed by atoms with van der Waals surface area (Å²) in [5, 5.41) is 0. The quantitative estimate of drug-likeness (QED) is 0.621. The molecule has 5 aliphatic rings. The highest BCUT2D eigenvalue weighted by Gasteiger charge is 2.59. The summed E-state index contributed by atoms with van der Waals surface area (Å²) in [7, 11) is 2.31. The summed E-state index contributed by atoms with van der Waals surface area (Å²) >= 11 is 2.31. The first-order chi connectivity index (χ1) is 7.26. The fourth-order valence-corrected chi connectivity index (χ4v) is 6.94. The van der Waals surface area contributed by atoms with Gasteiger partial charge in [-0.1, -0.05) is 0 Å². The van der Waals surface area contributed by atoms with Crippen molar-refractivity contribution in [2.75, 3.05) is 19.5 Å². The Morgan fingerprint density at radius 2 is 1.60 bits per heavy atom. The Morgan fingerprint density at radius 3 is 2.07 bits per heavy atom. The third kappa shape index (κ3) is 1.16. The molecule has 1 saturated heterocycles. The molecule has 0 aromatic rings. The van der Waals surface area contributed by atoms with E-state index in [1.165, 1.54) is 12.4 Å². The van der Waals surface area contributed by atoms with Gasteiger partial charge < -0.3 is 0 Å². The van der Waals surface area contributed by atoms with Crippen LogP contribution < -0.4 is 0 Å². The van der Waals surface area contributed by atoms with Crippen molar-refractivity contribution in [1.82, 2.24) is 4.90 Å². The van der Waals surface area contributed by atoms with Crippen LogP contribution in [-0.2, 0) is 0 Å². The van der Waals surface area contributed by atoms with Gasteiger partial charge in [0.15, 0.2) is 0 Å². The van der Waals surface area contributed by atoms with Gasteiger partial charge in [-0.25, -0.2) is 0 Å². The lowest BCUT2D eigenvalue weighted by molar-refractivity contribution is -0.0198. The van der Waals surface area contributed by atoms with Gasteiger partial charge in [0.05, 0.1) is 0 Å². The van der Waals surface area contributed by atoms with Crippen LogP contribution in [0.3, 0.4) is 0 Å². The van der Waals surface area contributed by atoms with Crippen LogP contribution in [0.4, 0.5) is 0 Å². The van der Waals surface area contributed by atoms with Gasteiger partial charge in [0, 0.05) is 17.2 Å². The second-order valence-electron chi connectivity index (χ2n) is 6.55. The zero-order chi connectivity index (χ0) is 10.0. The van der Waals surface area contributed by atoms with Crippen LogP contribution in [0.1, 0.15) is 32.1 Å². The Bertz CT molecular complexity index is 260. The Labute approximate surface area is 97.0 Å². The maximum absolute atomic E-state index is 2.56. The number of nitrogens with zero attached hydrogens (tertiary/aromatic N) is 1. The molecule has 0 radical (unpaired) electrons. The van der Waals surface area contributed by atoms with E-state index < -0.39 is 0 Å². The van der Waals surface area contributed by atoms with Crippen molar-refractivity contribution in [2.45, 2.75) is 36.9 Å². The molecule has 0 aromatic carbocycles. The van der Waals surface area contributed by atoms with Crippen LogP contribution in [-0.4, -0.2) is 29.1 Å². The standard InChI is InChI=1S/C13H21NS/c1-14-7-13(15-8-14)11-3-9-2-10(5-11)6-12(13)4-9/h9-12H,2-8H2,1H3. The lowest BCUT2D eigenvalue weighted by Gasteiger charge is -2.59. The molecule has 0 unspecified atom stereocenters. The second-order valence-corrected chi connectivity index (χ2v) is 7.85. The van der Waals surface area contributed by atoms with Gasteiger partial charge in [-0.2, -0.15) is 0 Å². The molecule has 0 aromatic heterocycles. The van der Waals surface area contributed by atoms with Crippen LogP contribution in [0, 0.1) is 23.7 Å². The molecule has 0 N–H and O–H groups in total. The summed E-state index contributed by atoms with van der Waals surface area (Å²) in [4.78, 5) is 2.56. The van der Waals surface area contributed by atoms with Crippen LogP contribution in [0.2, 0.25) is 0 Å². The molecule has 1 nitrogen and oxygen atoms in total. The molecule has 2 heteroatoms. The van der Waals surface area contributed by atoms with Gasteiger partial charge >= 0.3 is 0 Å². The normalized spacial score (nSPS) is 58.2. The Morgan fingerprint density at radius 1 is 1.00 bits per heavy atom. The molecule has 0 amide bonds. The Balaban J connectivity index is 1.70. The lowest BCUT2D eigenvalue weighted by atomic mass is 9.51. The number of rotatable bonds is 0. The first-order valence-electron chi connectivity index (χ1n) is 6.59. The molecule has 4 aliphatic carbocycles. The maximum Gasteiger partial charge on any atom is 0.0448 e. The Kier molecular flexibility index (Phi) is 1.84. The van der Waals surface area contributed by atoms with Gasteiger partial charge in [0.1, 0.15) is 0 Å². The minimum absolute atomic E-state index is 0.710. The lowest BCUT2D eigenvalue weighted by Crippen LogP contribution is -2.57. The monoisotopic (exact) mass is 223 g/mol. The topological polar surface area (TPSA) is 3.24 Å². The van der Waals surface area contributed by atoms with Gasteiger partial charge in [0.25, 0.3) is 0 Å². The van der Waals surface area contributed by atoms with E-state index in [2.05, 4.69) is 23.7 Å². The van der Waals surface area contributed by atoms with Gasteiger partial charge in [-0.05, 0) is 62.8 Å². The minimum Gasteiger partial charge on any atom is -0.296 e. The van der Waals surface area contributed by atoms with E-state index >= 15 is 0 Å². The van der Waals surface area contributed by atoms with E-state index in [9.17, 15) is 0 Å². The first-order valence-corrected chi connectivity index (χ1v) is 7.57. The molecule has 5 fully saturated rings. The van der Waals surface area contributed by atoms with Crippen LogP contribution in [0.5, 0.6) is 0 Å². The highest BCUT2D eigenvalue weighted by atomic mass is 32.2. The maximum atomic E-state index is 2.56. The highest BCUT2D eigenvalue weighted by molar-refractivity contribution is 8.00. The summed E-state index contributed by atoms with van der Waals surface area (Å²) in [6.07, 6.45) is 7.90. The molecule has 4 saturated carbocycles. The molecule has 4 bridgehead atoms. The zero-order valence-corrected chi connectivity index (χ0v) is 10.4. The fourth-order valence-electron chi connectivity index (χ4n) is 5.22. The summed E-state index contributed by atoms with van der Waals surface area (Å²) in [6.45, 7) is 1.40. The van der Waals surface area contributed by atoms with E-state index in [1.54, 1.807) is 32.1 Å². The van der Waals surface area contributed by atoms with Crippen molar-refractivity contribution < 1.29 is 0 Å². The van der Waals surface area contributed by atoms with Gasteiger partial charge in [-0.15, -0.1) is 11.8 Å². The summed E-state index contributed by atoms with van der Waals surface area (Å²) in [6, 6.07) is 0. The van der Waals surface area contributed by atoms with E-state index in [4.69, 9.17) is 0 Å². The molecule has 1 spiro atoms. The van der Waals surface area contributed by atoms with Gasteiger partial charge in [0.2, 0.25) is 0 Å². The molecular weight excluding hydrogens is 202 g/mol. The third-order valence-electron chi connectivity index (χ3n) is 5.59. The molecule has 15 heavy (non-hydrogen) atoms. The average molecular weight is 223 g/mol. The second kappa shape index (κ2) is 2.95. The molecule has 5 rings (SSSR count). The van der Waals surface area contributed by atoms with Crippen LogP contribution >= 0.6 is 11.8 Å². The van der Waals surface area contributed by atoms with Crippen molar-refractivity contribution in [3.63, 3.8) is 0 Å². The largest absolute Gasteiger partial charge is 0.296 e. The highest BCUT2D eigenvalue weighted by Crippen LogP contribution is 2.64. The van der Waals surface area contributed by atoms with E-state index in [0.717, 1.165) is 23.7 Å². The van der Waals surface area contributed by atoms with Crippen molar-refractivity contribution in [2.24, 2.45) is 23.7 Å². The minimum atomic E-state index is 0.710. The summed E-state index contributed by atoms with van der Waals surface area (Å²) in [5.74, 6) is 5.73. The van der Waals surface area contributed by atoms with Crippen LogP contribution in [0.25, 0.3) is 0 Å². The fraction of sp³-hybridized carbons (Fsp3) is 1.00. The van der Waals surface area contributed by atoms with Crippen molar-refractivity contribution in [3.8, 4) is 0 Å². The molecule has 84 valence electrons. The molecule has 1 aliphatic heterocycles. The third-order valence-corrected chi connectivity index (χ3v) is 7.49. The van der Waals surface area contributed by atoms with Crippen molar-refractivity contribution >= 4 is 11.8 Å².